The van der Waals surface area contributed by atoms with E-state index in [-0.39, 0.29) is 5.91 Å². The van der Waals surface area contributed by atoms with Gasteiger partial charge in [0, 0.05) is 12.7 Å². The van der Waals surface area contributed by atoms with Crippen molar-refractivity contribution in [3.63, 3.8) is 0 Å². The number of halogens is 1. The van der Waals surface area contributed by atoms with Gasteiger partial charge in [-0.15, -0.1) is 0 Å². The summed E-state index contributed by atoms with van der Waals surface area (Å²) in [6.07, 6.45) is 5.38. The maximum atomic E-state index is 12.2. The number of pyridine rings is 1. The Morgan fingerprint density at radius 1 is 1.47 bits per heavy atom. The SMILES string of the molecule is NCC1(C(=O)Nc2ccc(Cl)cn2)CCCC1. The van der Waals surface area contributed by atoms with Crippen molar-refractivity contribution in [1.29, 1.82) is 0 Å². The molecule has 1 heterocycles. The van der Waals surface area contributed by atoms with Crippen molar-refractivity contribution in [1.82, 2.24) is 4.98 Å². The molecule has 17 heavy (non-hydrogen) atoms. The molecule has 1 amide bonds. The Labute approximate surface area is 106 Å². The highest BCUT2D eigenvalue weighted by Crippen LogP contribution is 2.38. The van der Waals surface area contributed by atoms with Crippen LogP contribution in [0.1, 0.15) is 25.7 Å². The van der Waals surface area contributed by atoms with Gasteiger partial charge in [-0.05, 0) is 25.0 Å². The standard InChI is InChI=1S/C12H16ClN3O/c13-9-3-4-10(15-7-9)16-11(17)12(8-14)5-1-2-6-12/h3-4,7H,1-2,5-6,8,14H2,(H,15,16,17). The first-order valence-electron chi connectivity index (χ1n) is 5.79. The first kappa shape index (κ1) is 12.3. The van der Waals surface area contributed by atoms with Crippen molar-refractivity contribution in [2.45, 2.75) is 25.7 Å². The Morgan fingerprint density at radius 3 is 2.71 bits per heavy atom. The van der Waals surface area contributed by atoms with E-state index in [0.717, 1.165) is 25.7 Å². The first-order valence-corrected chi connectivity index (χ1v) is 6.17. The fraction of sp³-hybridized carbons (Fsp3) is 0.500. The monoisotopic (exact) mass is 253 g/mol. The Balaban J connectivity index is 2.08. The molecule has 0 atom stereocenters. The number of rotatable bonds is 3. The Bertz CT molecular complexity index is 399. The molecule has 5 heteroatoms. The minimum atomic E-state index is -0.401. The van der Waals surface area contributed by atoms with E-state index in [1.807, 2.05) is 0 Å². The van der Waals surface area contributed by atoms with E-state index >= 15 is 0 Å². The molecule has 1 saturated carbocycles. The van der Waals surface area contributed by atoms with Crippen molar-refractivity contribution in [3.05, 3.63) is 23.4 Å². The molecule has 1 aromatic rings. The van der Waals surface area contributed by atoms with Gasteiger partial charge in [0.25, 0.3) is 0 Å². The fourth-order valence-electron chi connectivity index (χ4n) is 2.27. The second-order valence-corrected chi connectivity index (χ2v) is 4.94. The van der Waals surface area contributed by atoms with Crippen LogP contribution in [-0.2, 0) is 4.79 Å². The molecule has 1 aromatic heterocycles. The number of hydrogen-bond donors (Lipinski definition) is 2. The van der Waals surface area contributed by atoms with Crippen LogP contribution in [0.2, 0.25) is 5.02 Å². The van der Waals surface area contributed by atoms with Crippen molar-refractivity contribution in [2.75, 3.05) is 11.9 Å². The van der Waals surface area contributed by atoms with E-state index in [9.17, 15) is 4.79 Å². The molecule has 1 aliphatic rings. The van der Waals surface area contributed by atoms with E-state index in [4.69, 9.17) is 17.3 Å². The van der Waals surface area contributed by atoms with Gasteiger partial charge in [-0.2, -0.15) is 0 Å². The number of carbonyl (C=O) groups excluding carboxylic acids is 1. The second kappa shape index (κ2) is 5.02. The van der Waals surface area contributed by atoms with Crippen molar-refractivity contribution in [2.24, 2.45) is 11.1 Å². The van der Waals surface area contributed by atoms with E-state index in [1.54, 1.807) is 12.1 Å². The minimum absolute atomic E-state index is 0.0210. The number of nitrogens with one attached hydrogen (secondary N) is 1. The molecule has 0 radical (unpaired) electrons. The van der Waals surface area contributed by atoms with Crippen LogP contribution in [0, 0.1) is 5.41 Å². The molecule has 0 spiro atoms. The molecule has 0 bridgehead atoms. The van der Waals surface area contributed by atoms with Crippen LogP contribution in [0.5, 0.6) is 0 Å². The lowest BCUT2D eigenvalue weighted by atomic mass is 9.85. The van der Waals surface area contributed by atoms with Gasteiger partial charge in [0.15, 0.2) is 0 Å². The number of carbonyl (C=O) groups is 1. The average molecular weight is 254 g/mol. The minimum Gasteiger partial charge on any atom is -0.329 e. The first-order chi connectivity index (χ1) is 8.16. The zero-order valence-electron chi connectivity index (χ0n) is 9.58. The average Bonchev–Trinajstić information content (AvgIpc) is 2.82. The quantitative estimate of drug-likeness (QED) is 0.868. The summed E-state index contributed by atoms with van der Waals surface area (Å²) in [4.78, 5) is 16.2. The normalized spacial score (nSPS) is 18.0. The molecule has 0 unspecified atom stereocenters. The molecular weight excluding hydrogens is 238 g/mol. The van der Waals surface area contributed by atoms with Gasteiger partial charge in [-0.1, -0.05) is 24.4 Å². The summed E-state index contributed by atoms with van der Waals surface area (Å²) < 4.78 is 0. The molecular formula is C12H16ClN3O. The Morgan fingerprint density at radius 2 is 2.18 bits per heavy atom. The summed E-state index contributed by atoms with van der Waals surface area (Å²) in [6, 6.07) is 3.40. The highest BCUT2D eigenvalue weighted by molar-refractivity contribution is 6.30. The van der Waals surface area contributed by atoms with Crippen LogP contribution in [0.25, 0.3) is 0 Å². The smallest absolute Gasteiger partial charge is 0.233 e. The largest absolute Gasteiger partial charge is 0.329 e. The Hall–Kier alpha value is -1.13. The zero-order valence-corrected chi connectivity index (χ0v) is 10.3. The summed E-state index contributed by atoms with van der Waals surface area (Å²) in [5, 5.41) is 3.37. The lowest BCUT2D eigenvalue weighted by Gasteiger charge is -2.25. The highest BCUT2D eigenvalue weighted by atomic mass is 35.5. The van der Waals surface area contributed by atoms with Crippen molar-refractivity contribution >= 4 is 23.3 Å². The third-order valence-corrected chi connectivity index (χ3v) is 3.63. The maximum absolute atomic E-state index is 12.2. The molecule has 4 nitrogen and oxygen atoms in total. The summed E-state index contributed by atoms with van der Waals surface area (Å²) in [7, 11) is 0. The van der Waals surface area contributed by atoms with Gasteiger partial charge in [-0.3, -0.25) is 4.79 Å². The Kier molecular flexibility index (Phi) is 3.64. The number of nitrogens with zero attached hydrogens (tertiary/aromatic N) is 1. The molecule has 2 rings (SSSR count). The van der Waals surface area contributed by atoms with Crippen molar-refractivity contribution in [3.8, 4) is 0 Å². The zero-order chi connectivity index (χ0) is 12.3. The van der Waals surface area contributed by atoms with Gasteiger partial charge < -0.3 is 11.1 Å². The summed E-state index contributed by atoms with van der Waals surface area (Å²) in [6.45, 7) is 0.395. The van der Waals surface area contributed by atoms with E-state index in [0.29, 0.717) is 17.4 Å². The van der Waals surface area contributed by atoms with Crippen LogP contribution in [0.4, 0.5) is 5.82 Å². The number of aromatic nitrogens is 1. The van der Waals surface area contributed by atoms with Gasteiger partial charge in [0.2, 0.25) is 5.91 Å². The lowest BCUT2D eigenvalue weighted by Crippen LogP contribution is -2.40. The molecule has 0 aliphatic heterocycles. The second-order valence-electron chi connectivity index (χ2n) is 4.51. The topological polar surface area (TPSA) is 68.0 Å². The van der Waals surface area contributed by atoms with Gasteiger partial charge >= 0.3 is 0 Å². The summed E-state index contributed by atoms with van der Waals surface area (Å²) >= 11 is 5.73. The molecule has 92 valence electrons. The van der Waals surface area contributed by atoms with Crippen LogP contribution in [-0.4, -0.2) is 17.4 Å². The molecule has 3 N–H and O–H groups in total. The predicted molar refractivity (Wildman–Crippen MR) is 67.8 cm³/mol. The van der Waals surface area contributed by atoms with E-state index in [2.05, 4.69) is 10.3 Å². The van der Waals surface area contributed by atoms with E-state index in [1.165, 1.54) is 6.20 Å². The van der Waals surface area contributed by atoms with Gasteiger partial charge in [-0.25, -0.2) is 4.98 Å². The molecule has 0 saturated heterocycles. The summed E-state index contributed by atoms with van der Waals surface area (Å²) in [5.74, 6) is 0.506. The number of hydrogen-bond acceptors (Lipinski definition) is 3. The fourth-order valence-corrected chi connectivity index (χ4v) is 2.39. The van der Waals surface area contributed by atoms with Crippen LogP contribution in [0.3, 0.4) is 0 Å². The third kappa shape index (κ3) is 2.58. The molecule has 0 aromatic carbocycles. The highest BCUT2D eigenvalue weighted by Gasteiger charge is 2.39. The third-order valence-electron chi connectivity index (χ3n) is 3.40. The maximum Gasteiger partial charge on any atom is 0.233 e. The summed E-state index contributed by atoms with van der Waals surface area (Å²) in [5.41, 5.74) is 5.34. The number of nitrogens with two attached hydrogens (primary N) is 1. The van der Waals surface area contributed by atoms with Gasteiger partial charge in [0.1, 0.15) is 5.82 Å². The molecule has 1 fully saturated rings. The number of amides is 1. The van der Waals surface area contributed by atoms with Crippen LogP contribution < -0.4 is 11.1 Å². The van der Waals surface area contributed by atoms with Gasteiger partial charge in [0.05, 0.1) is 10.4 Å². The molecule has 1 aliphatic carbocycles. The van der Waals surface area contributed by atoms with E-state index < -0.39 is 5.41 Å². The predicted octanol–water partition coefficient (Wildman–Crippen LogP) is 2.19. The lowest BCUT2D eigenvalue weighted by molar-refractivity contribution is -0.124. The van der Waals surface area contributed by atoms with Crippen molar-refractivity contribution < 1.29 is 4.79 Å². The van der Waals surface area contributed by atoms with Crippen LogP contribution in [0.15, 0.2) is 18.3 Å². The van der Waals surface area contributed by atoms with Crippen LogP contribution >= 0.6 is 11.6 Å². The number of anilines is 1.